The fourth-order valence-electron chi connectivity index (χ4n) is 0.998. The Morgan fingerprint density at radius 1 is 1.53 bits per heavy atom. The summed E-state index contributed by atoms with van der Waals surface area (Å²) in [7, 11) is 0. The van der Waals surface area contributed by atoms with Crippen LogP contribution in [0.1, 0.15) is 19.2 Å². The Bertz CT molecular complexity index is 458. The van der Waals surface area contributed by atoms with Crippen molar-refractivity contribution in [2.75, 3.05) is 6.54 Å². The van der Waals surface area contributed by atoms with Gasteiger partial charge in [-0.1, -0.05) is 24.5 Å². The summed E-state index contributed by atoms with van der Waals surface area (Å²) >= 11 is 5.42. The Kier molecular flexibility index (Phi) is 5.86. The fourth-order valence-corrected chi connectivity index (χ4v) is 1.17. The van der Waals surface area contributed by atoms with Crippen molar-refractivity contribution in [2.45, 2.75) is 13.3 Å². The summed E-state index contributed by atoms with van der Waals surface area (Å²) in [6, 6.07) is 0. The standard InChI is InChI=1S/C11H12ClN5/c1-3-10(7-13-12)6-4-5-9(2)11-16-14-8-15-17-11/h3,8,13H,2,6-7H2,1H3/b10-3+. The van der Waals surface area contributed by atoms with Crippen LogP contribution in [0, 0.1) is 11.8 Å². The Morgan fingerprint density at radius 3 is 2.82 bits per heavy atom. The van der Waals surface area contributed by atoms with E-state index in [1.165, 1.54) is 6.33 Å². The van der Waals surface area contributed by atoms with Gasteiger partial charge in [0.1, 0.15) is 0 Å². The second-order valence-corrected chi connectivity index (χ2v) is 3.35. The van der Waals surface area contributed by atoms with Crippen molar-refractivity contribution >= 4 is 17.3 Å². The molecule has 1 rings (SSSR count). The van der Waals surface area contributed by atoms with Crippen LogP contribution in [0.15, 0.2) is 24.6 Å². The lowest BCUT2D eigenvalue weighted by Crippen LogP contribution is -2.03. The van der Waals surface area contributed by atoms with Crippen LogP contribution in [0.2, 0.25) is 0 Å². The maximum atomic E-state index is 5.42. The minimum atomic E-state index is 0.345. The average molecular weight is 250 g/mol. The van der Waals surface area contributed by atoms with Gasteiger partial charge in [-0.15, -0.1) is 20.4 Å². The molecule has 1 heterocycles. The molecule has 0 aromatic carbocycles. The van der Waals surface area contributed by atoms with Gasteiger partial charge in [-0.25, -0.2) is 4.84 Å². The maximum absolute atomic E-state index is 5.42. The normalized spacial score (nSPS) is 10.6. The first-order valence-electron chi connectivity index (χ1n) is 4.94. The molecule has 0 saturated heterocycles. The summed E-state index contributed by atoms with van der Waals surface area (Å²) in [5, 5.41) is 14.7. The van der Waals surface area contributed by atoms with E-state index in [-0.39, 0.29) is 0 Å². The molecular weight excluding hydrogens is 238 g/mol. The van der Waals surface area contributed by atoms with Crippen molar-refractivity contribution in [1.82, 2.24) is 25.2 Å². The van der Waals surface area contributed by atoms with Gasteiger partial charge < -0.3 is 0 Å². The summed E-state index contributed by atoms with van der Waals surface area (Å²) in [6.45, 7) is 6.29. The topological polar surface area (TPSA) is 63.6 Å². The van der Waals surface area contributed by atoms with Crippen LogP contribution < -0.4 is 4.84 Å². The Balaban J connectivity index is 2.59. The third-order valence-electron chi connectivity index (χ3n) is 1.93. The molecule has 0 fully saturated rings. The third kappa shape index (κ3) is 4.72. The Labute approximate surface area is 105 Å². The highest BCUT2D eigenvalue weighted by molar-refractivity contribution is 6.13. The van der Waals surface area contributed by atoms with E-state index in [1.807, 2.05) is 13.0 Å². The van der Waals surface area contributed by atoms with Crippen molar-refractivity contribution < 1.29 is 0 Å². The summed E-state index contributed by atoms with van der Waals surface area (Å²) in [4.78, 5) is 2.56. The Hall–Kier alpha value is -1.77. The lowest BCUT2D eigenvalue weighted by Gasteiger charge is -1.98. The zero-order chi connectivity index (χ0) is 12.5. The lowest BCUT2D eigenvalue weighted by molar-refractivity contribution is 0.836. The van der Waals surface area contributed by atoms with Crippen molar-refractivity contribution in [3.8, 4) is 11.8 Å². The molecule has 0 aliphatic carbocycles. The number of nitrogens with zero attached hydrogens (tertiary/aromatic N) is 4. The molecule has 5 nitrogen and oxygen atoms in total. The number of halogens is 1. The fraction of sp³-hybridized carbons (Fsp3) is 0.273. The van der Waals surface area contributed by atoms with Gasteiger partial charge in [0, 0.05) is 13.0 Å². The summed E-state index contributed by atoms with van der Waals surface area (Å²) in [6.07, 6.45) is 3.84. The maximum Gasteiger partial charge on any atom is 0.211 e. The predicted octanol–water partition coefficient (Wildman–Crippen LogP) is 1.36. The van der Waals surface area contributed by atoms with Crippen molar-refractivity contribution in [2.24, 2.45) is 0 Å². The first-order valence-corrected chi connectivity index (χ1v) is 5.31. The molecule has 0 saturated carbocycles. The van der Waals surface area contributed by atoms with Gasteiger partial charge in [-0.3, -0.25) is 0 Å². The van der Waals surface area contributed by atoms with E-state index < -0.39 is 0 Å². The van der Waals surface area contributed by atoms with Gasteiger partial charge in [0.2, 0.25) is 5.82 Å². The van der Waals surface area contributed by atoms with Gasteiger partial charge in [0.05, 0.1) is 5.57 Å². The monoisotopic (exact) mass is 249 g/mol. The van der Waals surface area contributed by atoms with Gasteiger partial charge in [0.25, 0.3) is 0 Å². The second-order valence-electron chi connectivity index (χ2n) is 3.08. The molecular formula is C11H12ClN5. The van der Waals surface area contributed by atoms with E-state index >= 15 is 0 Å². The van der Waals surface area contributed by atoms with Crippen LogP contribution in [0.4, 0.5) is 0 Å². The van der Waals surface area contributed by atoms with Crippen molar-refractivity contribution in [3.05, 3.63) is 30.4 Å². The smallest absolute Gasteiger partial charge is 0.211 e. The number of hydrogen-bond donors (Lipinski definition) is 1. The summed E-state index contributed by atoms with van der Waals surface area (Å²) < 4.78 is 0. The lowest BCUT2D eigenvalue weighted by atomic mass is 10.2. The number of nitrogens with one attached hydrogen (secondary N) is 1. The summed E-state index contributed by atoms with van der Waals surface area (Å²) in [5.74, 6) is 6.17. The molecule has 88 valence electrons. The highest BCUT2D eigenvalue weighted by Crippen LogP contribution is 2.03. The Morgan fingerprint density at radius 2 is 2.24 bits per heavy atom. The first-order chi connectivity index (χ1) is 8.27. The van der Waals surface area contributed by atoms with Crippen LogP contribution >= 0.6 is 11.8 Å². The number of allylic oxidation sites excluding steroid dienone is 2. The molecule has 0 unspecified atom stereocenters. The van der Waals surface area contributed by atoms with E-state index in [0.717, 1.165) is 5.57 Å². The van der Waals surface area contributed by atoms with Crippen LogP contribution in [0.3, 0.4) is 0 Å². The van der Waals surface area contributed by atoms with Crippen LogP contribution in [0.25, 0.3) is 5.57 Å². The molecule has 0 amide bonds. The molecule has 6 heteroatoms. The largest absolute Gasteiger partial charge is 0.229 e. The van der Waals surface area contributed by atoms with E-state index in [1.54, 1.807) is 0 Å². The minimum Gasteiger partial charge on any atom is -0.229 e. The zero-order valence-electron chi connectivity index (χ0n) is 9.44. The SMILES string of the molecule is C=C(C#CC/C(=C\C)CNCl)c1nncnn1. The van der Waals surface area contributed by atoms with Crippen molar-refractivity contribution in [3.63, 3.8) is 0 Å². The highest BCUT2D eigenvalue weighted by atomic mass is 35.5. The molecule has 1 N–H and O–H groups in total. The van der Waals surface area contributed by atoms with E-state index in [0.29, 0.717) is 24.4 Å². The zero-order valence-corrected chi connectivity index (χ0v) is 10.2. The van der Waals surface area contributed by atoms with Crippen LogP contribution in [0.5, 0.6) is 0 Å². The van der Waals surface area contributed by atoms with Crippen molar-refractivity contribution in [1.29, 1.82) is 0 Å². The van der Waals surface area contributed by atoms with Gasteiger partial charge in [0.15, 0.2) is 6.33 Å². The molecule has 0 bridgehead atoms. The van der Waals surface area contributed by atoms with Crippen LogP contribution in [-0.4, -0.2) is 26.9 Å². The minimum absolute atomic E-state index is 0.345. The molecule has 1 aromatic rings. The summed E-state index contributed by atoms with van der Waals surface area (Å²) in [5.41, 5.74) is 1.60. The molecule has 0 radical (unpaired) electrons. The number of aromatic nitrogens is 4. The average Bonchev–Trinajstić information content (AvgIpc) is 2.38. The molecule has 0 atom stereocenters. The van der Waals surface area contributed by atoms with E-state index in [4.69, 9.17) is 11.8 Å². The first kappa shape index (κ1) is 13.3. The van der Waals surface area contributed by atoms with Crippen LogP contribution in [-0.2, 0) is 0 Å². The number of hydrogen-bond acceptors (Lipinski definition) is 5. The van der Waals surface area contributed by atoms with E-state index in [2.05, 4.69) is 43.7 Å². The highest BCUT2D eigenvalue weighted by Gasteiger charge is 1.98. The van der Waals surface area contributed by atoms with E-state index in [9.17, 15) is 0 Å². The van der Waals surface area contributed by atoms with Gasteiger partial charge in [-0.2, -0.15) is 0 Å². The molecule has 17 heavy (non-hydrogen) atoms. The van der Waals surface area contributed by atoms with Gasteiger partial charge in [-0.05, 0) is 24.3 Å². The predicted molar refractivity (Wildman–Crippen MR) is 66.7 cm³/mol. The number of rotatable bonds is 4. The molecule has 0 aliphatic rings. The molecule has 1 aromatic heterocycles. The molecule has 0 spiro atoms. The molecule has 0 aliphatic heterocycles. The third-order valence-corrected chi connectivity index (χ3v) is 2.07. The van der Waals surface area contributed by atoms with Gasteiger partial charge >= 0.3 is 0 Å². The quantitative estimate of drug-likeness (QED) is 0.496. The second kappa shape index (κ2) is 7.49.